The van der Waals surface area contributed by atoms with E-state index in [9.17, 15) is 18.3 Å². The third kappa shape index (κ3) is 6.60. The zero-order valence-electron chi connectivity index (χ0n) is 18.1. The van der Waals surface area contributed by atoms with Crippen LogP contribution in [0.1, 0.15) is 49.9 Å². The molecule has 3 N–H and O–H groups in total. The Kier molecular flexibility index (Phi) is 8.70. The smallest absolute Gasteiger partial charge is 0.337 e. The largest absolute Gasteiger partial charge is 0.497 e. The number of ether oxygens (including phenoxy) is 2. The van der Waals surface area contributed by atoms with E-state index in [4.69, 9.17) is 14.6 Å². The van der Waals surface area contributed by atoms with Crippen molar-refractivity contribution in [1.82, 2.24) is 0 Å². The molecule has 0 saturated heterocycles. The molecule has 0 atom stereocenters. The maximum Gasteiger partial charge on any atom is 0.337 e. The highest BCUT2D eigenvalue weighted by Crippen LogP contribution is 2.36. The van der Waals surface area contributed by atoms with Gasteiger partial charge in [-0.15, -0.1) is 0 Å². The predicted molar refractivity (Wildman–Crippen MR) is 120 cm³/mol. The monoisotopic (exact) mass is 450 g/mol. The van der Waals surface area contributed by atoms with Crippen LogP contribution in [-0.4, -0.2) is 39.7 Å². The minimum Gasteiger partial charge on any atom is -0.497 e. The number of methoxy groups -OCH3 is 1. The number of anilines is 1. The van der Waals surface area contributed by atoms with Crippen molar-refractivity contribution in [2.45, 2.75) is 44.4 Å². The summed E-state index contributed by atoms with van der Waals surface area (Å²) in [5.41, 5.74) is 0.281. The molecule has 0 spiro atoms. The number of sulfonamides is 1. The lowest BCUT2D eigenvalue weighted by atomic mass is 10.1. The van der Waals surface area contributed by atoms with Crippen molar-refractivity contribution in [3.05, 3.63) is 42.0 Å². The van der Waals surface area contributed by atoms with Crippen molar-refractivity contribution in [1.29, 1.82) is 0 Å². The minimum absolute atomic E-state index is 0.0225. The Morgan fingerprint density at radius 2 is 1.58 bits per heavy atom. The van der Waals surface area contributed by atoms with Crippen LogP contribution in [0, 0.1) is 0 Å². The van der Waals surface area contributed by atoms with Gasteiger partial charge in [-0.1, -0.05) is 26.7 Å². The van der Waals surface area contributed by atoms with Crippen molar-refractivity contribution in [2.75, 3.05) is 25.1 Å². The molecule has 2 rings (SSSR count). The van der Waals surface area contributed by atoms with Crippen molar-refractivity contribution in [3.8, 4) is 17.2 Å². The Bertz CT molecular complexity index is 982. The molecule has 170 valence electrons. The number of unbranched alkanes of at least 4 members (excludes halogenated alkanes) is 2. The van der Waals surface area contributed by atoms with Crippen LogP contribution in [0.4, 0.5) is 5.69 Å². The molecule has 2 aromatic rings. The van der Waals surface area contributed by atoms with Crippen LogP contribution in [0.15, 0.2) is 41.3 Å². The summed E-state index contributed by atoms with van der Waals surface area (Å²) in [6.07, 6.45) is 3.62. The molecule has 0 amide bonds. The van der Waals surface area contributed by atoms with E-state index in [0.717, 1.165) is 31.7 Å². The van der Waals surface area contributed by atoms with E-state index in [-0.39, 0.29) is 16.2 Å². The quantitative estimate of drug-likeness (QED) is 0.496. The van der Waals surface area contributed by atoms with E-state index in [2.05, 4.69) is 13.8 Å². The number of aromatic carboxylic acids is 1. The summed E-state index contributed by atoms with van der Waals surface area (Å²) in [5, 5.41) is 15.2. The zero-order chi connectivity index (χ0) is 23.0. The van der Waals surface area contributed by atoms with Gasteiger partial charge in [-0.2, -0.15) is 0 Å². The van der Waals surface area contributed by atoms with Gasteiger partial charge in [-0.05, 0) is 43.2 Å². The summed E-state index contributed by atoms with van der Waals surface area (Å²) in [6.45, 7) is 5.40. The minimum atomic E-state index is -4.23. The van der Waals surface area contributed by atoms with Crippen LogP contribution < -0.4 is 19.5 Å². The number of carboxylic acids is 1. The lowest BCUT2D eigenvalue weighted by Crippen LogP contribution is -2.28. The van der Waals surface area contributed by atoms with Crippen LogP contribution in [0.3, 0.4) is 0 Å². The summed E-state index contributed by atoms with van der Waals surface area (Å²) in [5.74, 6) is -0.265. The summed E-state index contributed by atoms with van der Waals surface area (Å²) >= 11 is 0. The number of hydrogen-bond donors (Lipinski definition) is 2. The SMILES string of the molecule is CCCCN(CCCC)c1cc(Oc2ccc(OC)cc2)c(S(N)(=O)=O)cc1C(=O)O. The van der Waals surface area contributed by atoms with E-state index >= 15 is 0 Å². The zero-order valence-corrected chi connectivity index (χ0v) is 18.9. The van der Waals surface area contributed by atoms with Gasteiger partial charge in [0.15, 0.2) is 0 Å². The number of carbonyl (C=O) groups is 1. The number of carboxylic acid groups (broad SMARTS) is 1. The molecule has 0 aliphatic heterocycles. The number of nitrogens with two attached hydrogens (primary N) is 1. The highest BCUT2D eigenvalue weighted by atomic mass is 32.2. The molecule has 8 nitrogen and oxygen atoms in total. The molecule has 0 radical (unpaired) electrons. The summed E-state index contributed by atoms with van der Waals surface area (Å²) in [6, 6.07) is 9.14. The van der Waals surface area contributed by atoms with Crippen molar-refractivity contribution in [3.63, 3.8) is 0 Å². The summed E-state index contributed by atoms with van der Waals surface area (Å²) < 4.78 is 35.4. The fourth-order valence-corrected chi connectivity index (χ4v) is 3.77. The molecule has 31 heavy (non-hydrogen) atoms. The van der Waals surface area contributed by atoms with Gasteiger partial charge in [0, 0.05) is 19.2 Å². The van der Waals surface area contributed by atoms with Crippen molar-refractivity contribution < 1.29 is 27.8 Å². The van der Waals surface area contributed by atoms with Crippen LogP contribution in [0.25, 0.3) is 0 Å². The topological polar surface area (TPSA) is 119 Å². The van der Waals surface area contributed by atoms with Gasteiger partial charge in [-0.25, -0.2) is 18.4 Å². The summed E-state index contributed by atoms with van der Waals surface area (Å²) in [7, 11) is -2.70. The normalized spacial score (nSPS) is 11.2. The average molecular weight is 451 g/mol. The summed E-state index contributed by atoms with van der Waals surface area (Å²) in [4.78, 5) is 13.6. The Hall–Kier alpha value is -2.78. The van der Waals surface area contributed by atoms with Crippen LogP contribution in [0.2, 0.25) is 0 Å². The van der Waals surface area contributed by atoms with Crippen LogP contribution in [0.5, 0.6) is 17.2 Å². The molecule has 0 aliphatic rings. The van der Waals surface area contributed by atoms with Crippen LogP contribution in [-0.2, 0) is 10.0 Å². The van der Waals surface area contributed by atoms with Gasteiger partial charge in [-0.3, -0.25) is 0 Å². The molecule has 0 aliphatic carbocycles. The van der Waals surface area contributed by atoms with Crippen LogP contribution >= 0.6 is 0 Å². The molecule has 0 fully saturated rings. The molecule has 2 aromatic carbocycles. The van der Waals surface area contributed by atoms with E-state index in [1.165, 1.54) is 13.2 Å². The number of primary sulfonamides is 1. The molecule has 0 saturated carbocycles. The molecular weight excluding hydrogens is 420 g/mol. The van der Waals surface area contributed by atoms with Crippen molar-refractivity contribution >= 4 is 21.7 Å². The lowest BCUT2D eigenvalue weighted by Gasteiger charge is -2.27. The molecule has 9 heteroatoms. The predicted octanol–water partition coefficient (Wildman–Crippen LogP) is 4.24. The van der Waals surface area contributed by atoms with Crippen molar-refractivity contribution in [2.24, 2.45) is 5.14 Å². The first-order chi connectivity index (χ1) is 14.7. The van der Waals surface area contributed by atoms with Gasteiger partial charge < -0.3 is 19.5 Å². The molecular formula is C22H30N2O6S. The Labute approximate surface area is 183 Å². The standard InChI is InChI=1S/C22H30N2O6S/c1-4-6-12-24(13-7-5-2)19-15-20(30-17-10-8-16(29-3)9-11-17)21(31(23,27)28)14-18(19)22(25)26/h8-11,14-15H,4-7,12-13H2,1-3H3,(H,25,26)(H2,23,27,28). The first-order valence-corrected chi connectivity index (χ1v) is 11.8. The number of hydrogen-bond acceptors (Lipinski definition) is 6. The van der Waals surface area contributed by atoms with Gasteiger partial charge >= 0.3 is 5.97 Å². The van der Waals surface area contributed by atoms with Gasteiger partial charge in [0.05, 0.1) is 18.4 Å². The first-order valence-electron chi connectivity index (χ1n) is 10.2. The van der Waals surface area contributed by atoms with E-state index in [1.807, 2.05) is 4.90 Å². The van der Waals surface area contributed by atoms with E-state index < -0.39 is 16.0 Å². The van der Waals surface area contributed by atoms with Gasteiger partial charge in [0.2, 0.25) is 10.0 Å². The molecule has 0 bridgehead atoms. The highest BCUT2D eigenvalue weighted by Gasteiger charge is 2.25. The molecule has 0 unspecified atom stereocenters. The Morgan fingerprint density at radius 3 is 2.03 bits per heavy atom. The second-order valence-electron chi connectivity index (χ2n) is 7.14. The number of rotatable bonds is 12. The van der Waals surface area contributed by atoms with E-state index in [0.29, 0.717) is 30.3 Å². The Balaban J connectivity index is 2.62. The second-order valence-corrected chi connectivity index (χ2v) is 8.67. The van der Waals surface area contributed by atoms with Gasteiger partial charge in [0.1, 0.15) is 22.1 Å². The first kappa shape index (κ1) is 24.5. The third-order valence-corrected chi connectivity index (χ3v) is 5.72. The number of benzene rings is 2. The third-order valence-electron chi connectivity index (χ3n) is 4.79. The Morgan fingerprint density at radius 1 is 1.03 bits per heavy atom. The maximum atomic E-state index is 12.2. The second kappa shape index (κ2) is 11.0. The fraction of sp³-hybridized carbons (Fsp3) is 0.409. The highest BCUT2D eigenvalue weighted by molar-refractivity contribution is 7.89. The molecule has 0 aromatic heterocycles. The number of nitrogens with zero attached hydrogens (tertiary/aromatic N) is 1. The van der Waals surface area contributed by atoms with E-state index in [1.54, 1.807) is 24.3 Å². The maximum absolute atomic E-state index is 12.2. The fourth-order valence-electron chi connectivity index (χ4n) is 3.11. The van der Waals surface area contributed by atoms with Gasteiger partial charge in [0.25, 0.3) is 0 Å². The average Bonchev–Trinajstić information content (AvgIpc) is 2.73. The lowest BCUT2D eigenvalue weighted by molar-refractivity contribution is 0.0697. The molecule has 0 heterocycles.